The van der Waals surface area contributed by atoms with Crippen molar-refractivity contribution in [2.75, 3.05) is 0 Å². The SMILES string of the molecule is C[Si](C)(C)C1=C/C(=C2\C=C([Si](C)(C)C)c3ccccc32)c2ccccc21. The molecular weight excluding hydrogens is 344 g/mol. The van der Waals surface area contributed by atoms with Gasteiger partial charge in [-0.05, 0) is 33.4 Å². The molecule has 0 spiro atoms. The highest BCUT2D eigenvalue weighted by Gasteiger charge is 2.33. The highest BCUT2D eigenvalue weighted by atomic mass is 28.3. The molecule has 0 aliphatic heterocycles. The zero-order valence-corrected chi connectivity index (χ0v) is 18.8. The van der Waals surface area contributed by atoms with Gasteiger partial charge in [0.1, 0.15) is 0 Å². The summed E-state index contributed by atoms with van der Waals surface area (Å²) in [4.78, 5) is 0. The van der Waals surface area contributed by atoms with Crippen LogP contribution in [0.3, 0.4) is 0 Å². The second kappa shape index (κ2) is 5.80. The molecule has 0 unspecified atom stereocenters. The van der Waals surface area contributed by atoms with Crippen LogP contribution in [0.15, 0.2) is 60.7 Å². The third kappa shape index (κ3) is 2.72. The number of hydrogen-bond donors (Lipinski definition) is 0. The molecule has 0 saturated carbocycles. The van der Waals surface area contributed by atoms with Crippen LogP contribution in [-0.4, -0.2) is 16.1 Å². The van der Waals surface area contributed by atoms with Crippen molar-refractivity contribution in [1.82, 2.24) is 0 Å². The van der Waals surface area contributed by atoms with E-state index in [9.17, 15) is 0 Å². The number of allylic oxidation sites excluding steroid dienone is 4. The van der Waals surface area contributed by atoms with Gasteiger partial charge in [0.05, 0.1) is 16.1 Å². The largest absolute Gasteiger partial charge is 0.0784 e. The van der Waals surface area contributed by atoms with Crippen LogP contribution in [0.25, 0.3) is 21.5 Å². The summed E-state index contributed by atoms with van der Waals surface area (Å²) >= 11 is 0. The first-order valence-electron chi connectivity index (χ1n) is 9.56. The van der Waals surface area contributed by atoms with Crippen molar-refractivity contribution in [3.05, 3.63) is 82.9 Å². The van der Waals surface area contributed by atoms with E-state index in [0.29, 0.717) is 0 Å². The van der Waals surface area contributed by atoms with Crippen molar-refractivity contribution < 1.29 is 0 Å². The lowest BCUT2D eigenvalue weighted by Crippen LogP contribution is -2.21. The van der Waals surface area contributed by atoms with Crippen molar-refractivity contribution in [3.63, 3.8) is 0 Å². The summed E-state index contributed by atoms with van der Waals surface area (Å²) in [7, 11) is -2.80. The lowest BCUT2D eigenvalue weighted by Gasteiger charge is -2.18. The van der Waals surface area contributed by atoms with Crippen molar-refractivity contribution in [3.8, 4) is 0 Å². The first-order chi connectivity index (χ1) is 12.2. The van der Waals surface area contributed by atoms with Crippen molar-refractivity contribution in [2.45, 2.75) is 39.3 Å². The van der Waals surface area contributed by atoms with E-state index in [1.165, 1.54) is 33.4 Å². The first-order valence-corrected chi connectivity index (χ1v) is 16.6. The van der Waals surface area contributed by atoms with Gasteiger partial charge in [0.25, 0.3) is 0 Å². The Kier molecular flexibility index (Phi) is 3.90. The summed E-state index contributed by atoms with van der Waals surface area (Å²) in [6.07, 6.45) is 5.01. The van der Waals surface area contributed by atoms with Crippen LogP contribution in [-0.2, 0) is 0 Å². The predicted octanol–water partition coefficient (Wildman–Crippen LogP) is 7.15. The maximum atomic E-state index is 2.51. The van der Waals surface area contributed by atoms with Crippen LogP contribution < -0.4 is 0 Å². The van der Waals surface area contributed by atoms with Gasteiger partial charge in [-0.2, -0.15) is 0 Å². The molecule has 0 atom stereocenters. The number of fused-ring (bicyclic) bond motifs is 2. The average molecular weight is 373 g/mol. The lowest BCUT2D eigenvalue weighted by molar-refractivity contribution is 1.58. The number of benzene rings is 2. The molecule has 0 nitrogen and oxygen atoms in total. The van der Waals surface area contributed by atoms with E-state index in [1.54, 1.807) is 10.4 Å². The quantitative estimate of drug-likeness (QED) is 0.491. The Labute approximate surface area is 160 Å². The Morgan fingerprint density at radius 1 is 0.462 bits per heavy atom. The summed E-state index contributed by atoms with van der Waals surface area (Å²) in [5.74, 6) is 0. The summed E-state index contributed by atoms with van der Waals surface area (Å²) in [6, 6.07) is 18.0. The van der Waals surface area contributed by atoms with E-state index in [1.807, 2.05) is 0 Å². The Morgan fingerprint density at radius 2 is 0.769 bits per heavy atom. The molecule has 2 aromatic rings. The van der Waals surface area contributed by atoms with Gasteiger partial charge in [-0.25, -0.2) is 0 Å². The molecule has 0 radical (unpaired) electrons. The van der Waals surface area contributed by atoms with Gasteiger partial charge in [-0.1, -0.05) is 110 Å². The molecule has 2 aliphatic carbocycles. The maximum Gasteiger partial charge on any atom is 0.0784 e. The van der Waals surface area contributed by atoms with E-state index < -0.39 is 16.1 Å². The Balaban J connectivity index is 2.04. The molecule has 0 fully saturated rings. The minimum Gasteiger partial charge on any atom is -0.0656 e. The predicted molar refractivity (Wildman–Crippen MR) is 122 cm³/mol. The third-order valence-corrected chi connectivity index (χ3v) is 9.56. The highest BCUT2D eigenvalue weighted by Crippen LogP contribution is 2.48. The zero-order chi connectivity index (χ0) is 18.7. The van der Waals surface area contributed by atoms with E-state index >= 15 is 0 Å². The van der Waals surface area contributed by atoms with Crippen molar-refractivity contribution in [1.29, 1.82) is 0 Å². The smallest absolute Gasteiger partial charge is 0.0656 e. The van der Waals surface area contributed by atoms with Gasteiger partial charge in [0, 0.05) is 0 Å². The molecule has 2 aromatic carbocycles. The fourth-order valence-electron chi connectivity index (χ4n) is 4.19. The molecule has 0 saturated heterocycles. The molecule has 4 rings (SSSR count). The fraction of sp³-hybridized carbons (Fsp3) is 0.250. The zero-order valence-electron chi connectivity index (χ0n) is 16.8. The monoisotopic (exact) mass is 372 g/mol. The summed E-state index contributed by atoms with van der Waals surface area (Å²) in [6.45, 7) is 14.7. The summed E-state index contributed by atoms with van der Waals surface area (Å²) in [5, 5.41) is 3.17. The third-order valence-electron chi connectivity index (χ3n) is 5.50. The second-order valence-electron chi connectivity index (χ2n) is 9.53. The van der Waals surface area contributed by atoms with Crippen LogP contribution in [0.1, 0.15) is 22.3 Å². The topological polar surface area (TPSA) is 0 Å². The molecule has 2 aliphatic rings. The molecule has 0 heterocycles. The minimum absolute atomic E-state index is 1.40. The van der Waals surface area contributed by atoms with Gasteiger partial charge < -0.3 is 0 Å². The first kappa shape index (κ1) is 17.5. The maximum absolute atomic E-state index is 2.51. The molecule has 0 N–H and O–H groups in total. The van der Waals surface area contributed by atoms with Gasteiger partial charge in [0.2, 0.25) is 0 Å². The lowest BCUT2D eigenvalue weighted by atomic mass is 9.97. The van der Waals surface area contributed by atoms with Crippen LogP contribution in [0, 0.1) is 0 Å². The van der Waals surface area contributed by atoms with E-state index in [0.717, 1.165) is 0 Å². The molecule has 0 amide bonds. The van der Waals surface area contributed by atoms with Crippen molar-refractivity contribution in [2.24, 2.45) is 0 Å². The Bertz CT molecular complexity index is 908. The van der Waals surface area contributed by atoms with Crippen LogP contribution in [0.4, 0.5) is 0 Å². The van der Waals surface area contributed by atoms with Crippen molar-refractivity contribution >= 4 is 37.7 Å². The van der Waals surface area contributed by atoms with E-state index in [4.69, 9.17) is 0 Å². The van der Waals surface area contributed by atoms with E-state index in [-0.39, 0.29) is 0 Å². The summed E-state index contributed by atoms with van der Waals surface area (Å²) in [5.41, 5.74) is 8.62. The Morgan fingerprint density at radius 3 is 1.08 bits per heavy atom. The van der Waals surface area contributed by atoms with Gasteiger partial charge in [0.15, 0.2) is 0 Å². The molecule has 26 heavy (non-hydrogen) atoms. The normalized spacial score (nSPS) is 19.2. The van der Waals surface area contributed by atoms with E-state index in [2.05, 4.69) is 100.0 Å². The molecule has 2 heteroatoms. The molecule has 0 aromatic heterocycles. The highest BCUT2D eigenvalue weighted by molar-refractivity contribution is 6.95. The summed E-state index contributed by atoms with van der Waals surface area (Å²) < 4.78 is 0. The minimum atomic E-state index is -1.40. The second-order valence-corrected chi connectivity index (χ2v) is 19.6. The molecule has 0 bridgehead atoms. The van der Waals surface area contributed by atoms with Gasteiger partial charge in [-0.15, -0.1) is 0 Å². The number of rotatable bonds is 2. The van der Waals surface area contributed by atoms with Gasteiger partial charge in [-0.3, -0.25) is 0 Å². The standard InChI is InChI=1S/C24H28Si2/c1-25(2,3)23-15-21(17-11-7-9-13-19(17)23)22-16-24(26(4,5)6)20-14-10-8-12-18(20)22/h7-16H,1-6H3/b22-21-. The van der Waals surface area contributed by atoms with Gasteiger partial charge >= 0.3 is 0 Å². The average Bonchev–Trinajstić information content (AvgIpc) is 3.12. The number of hydrogen-bond acceptors (Lipinski definition) is 0. The van der Waals surface area contributed by atoms with Crippen LogP contribution >= 0.6 is 0 Å². The molecular formula is C24H28Si2. The Hall–Kier alpha value is -1.91. The van der Waals surface area contributed by atoms with Crippen LogP contribution in [0.2, 0.25) is 39.3 Å². The fourth-order valence-corrected chi connectivity index (χ4v) is 7.40. The molecule has 132 valence electrons. The van der Waals surface area contributed by atoms with Crippen LogP contribution in [0.5, 0.6) is 0 Å².